The molecule has 1 N–H and O–H groups in total. The van der Waals surface area contributed by atoms with Gasteiger partial charge in [0.05, 0.1) is 12.8 Å². The fourth-order valence-electron chi connectivity index (χ4n) is 3.61. The third-order valence-corrected chi connectivity index (χ3v) is 5.12. The molecule has 29 heavy (non-hydrogen) atoms. The Morgan fingerprint density at radius 3 is 2.79 bits per heavy atom. The van der Waals surface area contributed by atoms with Gasteiger partial charge in [-0.3, -0.25) is 9.78 Å². The molecule has 0 bridgehead atoms. The van der Waals surface area contributed by atoms with E-state index in [0.29, 0.717) is 35.9 Å². The topological polar surface area (TPSA) is 80.2 Å². The minimum Gasteiger partial charge on any atom is -0.497 e. The standard InChI is InChI=1S/C21H21FN4O3/c1-29-18-6-2-4-14(12-18)20(27)25-11-3-5-15(13-25)19-23-21(28)26(24-19)17-9-7-16(22)8-10-17/h2,4,6-10,12,15H,3,5,11,13H2,1H3,(H,23,24,28). The first kappa shape index (κ1) is 18.9. The Bertz CT molecular complexity index is 1070. The van der Waals surface area contributed by atoms with Gasteiger partial charge < -0.3 is 9.64 Å². The second-order valence-corrected chi connectivity index (χ2v) is 7.03. The van der Waals surface area contributed by atoms with Crippen LogP contribution in [0, 0.1) is 5.82 Å². The Labute approximate surface area is 166 Å². The molecule has 1 aliphatic heterocycles. The summed E-state index contributed by atoms with van der Waals surface area (Å²) in [4.78, 5) is 29.8. The van der Waals surface area contributed by atoms with Crippen molar-refractivity contribution in [1.29, 1.82) is 0 Å². The number of carbonyl (C=O) groups is 1. The number of hydrogen-bond donors (Lipinski definition) is 1. The largest absolute Gasteiger partial charge is 0.497 e. The van der Waals surface area contributed by atoms with Crippen molar-refractivity contribution in [2.24, 2.45) is 0 Å². The van der Waals surface area contributed by atoms with E-state index in [2.05, 4.69) is 10.1 Å². The van der Waals surface area contributed by atoms with E-state index in [0.717, 1.165) is 12.8 Å². The van der Waals surface area contributed by atoms with Gasteiger partial charge in [-0.15, -0.1) is 5.10 Å². The maximum atomic E-state index is 13.1. The van der Waals surface area contributed by atoms with Gasteiger partial charge in [0.15, 0.2) is 0 Å². The third kappa shape index (κ3) is 3.91. The summed E-state index contributed by atoms with van der Waals surface area (Å²) in [5, 5.41) is 4.40. The highest BCUT2D eigenvalue weighted by Gasteiger charge is 2.28. The molecule has 2 aromatic carbocycles. The SMILES string of the molecule is COc1cccc(C(=O)N2CCCC(c3nn(-c4ccc(F)cc4)c(=O)[nH]3)C2)c1. The number of methoxy groups -OCH3 is 1. The van der Waals surface area contributed by atoms with Gasteiger partial charge in [0, 0.05) is 24.6 Å². The lowest BCUT2D eigenvalue weighted by Crippen LogP contribution is -2.39. The Kier molecular flexibility index (Phi) is 5.16. The quantitative estimate of drug-likeness (QED) is 0.735. The lowest BCUT2D eigenvalue weighted by Gasteiger charge is -2.31. The summed E-state index contributed by atoms with van der Waals surface area (Å²) in [6.45, 7) is 1.11. The van der Waals surface area contributed by atoms with Crippen molar-refractivity contribution in [1.82, 2.24) is 19.7 Å². The number of hydrogen-bond acceptors (Lipinski definition) is 4. The first-order valence-electron chi connectivity index (χ1n) is 9.43. The zero-order chi connectivity index (χ0) is 20.4. The van der Waals surface area contributed by atoms with Gasteiger partial charge in [0.25, 0.3) is 5.91 Å². The third-order valence-electron chi connectivity index (χ3n) is 5.12. The van der Waals surface area contributed by atoms with E-state index in [9.17, 15) is 14.0 Å². The molecule has 1 amide bonds. The summed E-state index contributed by atoms with van der Waals surface area (Å²) in [6.07, 6.45) is 1.63. The molecule has 1 atom stereocenters. The number of amides is 1. The van der Waals surface area contributed by atoms with Crippen LogP contribution in [0.4, 0.5) is 4.39 Å². The number of ether oxygens (including phenoxy) is 1. The Morgan fingerprint density at radius 1 is 1.24 bits per heavy atom. The van der Waals surface area contributed by atoms with Crippen LogP contribution in [0.2, 0.25) is 0 Å². The molecule has 1 unspecified atom stereocenters. The van der Waals surface area contributed by atoms with Crippen molar-refractivity contribution in [2.75, 3.05) is 20.2 Å². The number of carbonyl (C=O) groups excluding carboxylic acids is 1. The number of nitrogens with one attached hydrogen (secondary N) is 1. The summed E-state index contributed by atoms with van der Waals surface area (Å²) in [5.74, 6) is 0.632. The van der Waals surface area contributed by atoms with E-state index in [1.165, 1.54) is 28.9 Å². The number of aromatic amines is 1. The maximum Gasteiger partial charge on any atom is 0.348 e. The number of halogens is 1. The van der Waals surface area contributed by atoms with Crippen LogP contribution in [0.15, 0.2) is 53.3 Å². The Balaban J connectivity index is 1.54. The summed E-state index contributed by atoms with van der Waals surface area (Å²) in [6, 6.07) is 12.6. The van der Waals surface area contributed by atoms with Crippen LogP contribution in [-0.4, -0.2) is 45.8 Å². The van der Waals surface area contributed by atoms with E-state index in [4.69, 9.17) is 4.74 Å². The van der Waals surface area contributed by atoms with Crippen LogP contribution in [0.25, 0.3) is 5.69 Å². The van der Waals surface area contributed by atoms with Crippen LogP contribution in [-0.2, 0) is 0 Å². The van der Waals surface area contributed by atoms with Crippen molar-refractivity contribution < 1.29 is 13.9 Å². The molecule has 7 nitrogen and oxygen atoms in total. The number of benzene rings is 2. The molecule has 0 aliphatic carbocycles. The zero-order valence-corrected chi connectivity index (χ0v) is 16.0. The predicted molar refractivity (Wildman–Crippen MR) is 105 cm³/mol. The molecule has 1 saturated heterocycles. The smallest absolute Gasteiger partial charge is 0.348 e. The molecule has 4 rings (SSSR count). The van der Waals surface area contributed by atoms with Gasteiger partial charge in [0.2, 0.25) is 0 Å². The van der Waals surface area contributed by atoms with Crippen LogP contribution in [0.5, 0.6) is 5.75 Å². The minimum atomic E-state index is -0.386. The molecule has 0 radical (unpaired) electrons. The lowest BCUT2D eigenvalue weighted by molar-refractivity contribution is 0.0704. The summed E-state index contributed by atoms with van der Waals surface area (Å²) in [5.41, 5.74) is 0.664. The van der Waals surface area contributed by atoms with Gasteiger partial charge >= 0.3 is 5.69 Å². The number of nitrogens with zero attached hydrogens (tertiary/aromatic N) is 3. The van der Waals surface area contributed by atoms with Crippen LogP contribution < -0.4 is 10.4 Å². The molecule has 3 aromatic rings. The predicted octanol–water partition coefficient (Wildman–Crippen LogP) is 2.73. The average Bonchev–Trinajstić information content (AvgIpc) is 3.15. The van der Waals surface area contributed by atoms with E-state index in [1.54, 1.807) is 36.3 Å². The van der Waals surface area contributed by atoms with Crippen LogP contribution in [0.1, 0.15) is 34.9 Å². The molecule has 0 saturated carbocycles. The highest BCUT2D eigenvalue weighted by Crippen LogP contribution is 2.26. The summed E-state index contributed by atoms with van der Waals surface area (Å²) >= 11 is 0. The molecule has 1 aliphatic rings. The van der Waals surface area contributed by atoms with Crippen molar-refractivity contribution in [3.8, 4) is 11.4 Å². The monoisotopic (exact) mass is 396 g/mol. The number of likely N-dealkylation sites (tertiary alicyclic amines) is 1. The fourth-order valence-corrected chi connectivity index (χ4v) is 3.61. The van der Waals surface area contributed by atoms with Crippen LogP contribution >= 0.6 is 0 Å². The van der Waals surface area contributed by atoms with E-state index >= 15 is 0 Å². The highest BCUT2D eigenvalue weighted by atomic mass is 19.1. The van der Waals surface area contributed by atoms with Gasteiger partial charge in [-0.1, -0.05) is 6.07 Å². The molecule has 8 heteroatoms. The Morgan fingerprint density at radius 2 is 2.03 bits per heavy atom. The second kappa shape index (κ2) is 7.90. The van der Waals surface area contributed by atoms with Crippen LogP contribution in [0.3, 0.4) is 0 Å². The summed E-state index contributed by atoms with van der Waals surface area (Å²) in [7, 11) is 1.56. The zero-order valence-electron chi connectivity index (χ0n) is 16.0. The van der Waals surface area contributed by atoms with Crippen molar-refractivity contribution in [3.05, 3.63) is 76.2 Å². The maximum absolute atomic E-state index is 13.1. The number of piperidine rings is 1. The first-order valence-corrected chi connectivity index (χ1v) is 9.43. The summed E-state index contributed by atoms with van der Waals surface area (Å²) < 4.78 is 19.6. The van der Waals surface area contributed by atoms with Gasteiger partial charge in [-0.2, -0.15) is 4.68 Å². The minimum absolute atomic E-state index is 0.0751. The van der Waals surface area contributed by atoms with E-state index in [1.807, 2.05) is 0 Å². The number of rotatable bonds is 4. The molecule has 1 aromatic heterocycles. The lowest BCUT2D eigenvalue weighted by atomic mass is 9.96. The number of H-pyrrole nitrogens is 1. The first-order chi connectivity index (χ1) is 14.0. The average molecular weight is 396 g/mol. The normalized spacial score (nSPS) is 16.6. The molecular formula is C21H21FN4O3. The molecule has 0 spiro atoms. The Hall–Kier alpha value is -3.42. The number of aromatic nitrogens is 3. The van der Waals surface area contributed by atoms with E-state index in [-0.39, 0.29) is 23.3 Å². The van der Waals surface area contributed by atoms with Crippen molar-refractivity contribution in [3.63, 3.8) is 0 Å². The molecular weight excluding hydrogens is 375 g/mol. The van der Waals surface area contributed by atoms with Crippen molar-refractivity contribution >= 4 is 5.91 Å². The fraction of sp³-hybridized carbons (Fsp3) is 0.286. The molecule has 1 fully saturated rings. The van der Waals surface area contributed by atoms with Gasteiger partial charge in [-0.25, -0.2) is 9.18 Å². The van der Waals surface area contributed by atoms with E-state index < -0.39 is 0 Å². The van der Waals surface area contributed by atoms with Gasteiger partial charge in [0.1, 0.15) is 17.4 Å². The molecule has 150 valence electrons. The van der Waals surface area contributed by atoms with Crippen molar-refractivity contribution in [2.45, 2.75) is 18.8 Å². The molecule has 2 heterocycles. The highest BCUT2D eigenvalue weighted by molar-refractivity contribution is 5.94. The second-order valence-electron chi connectivity index (χ2n) is 7.03. The van der Waals surface area contributed by atoms with Gasteiger partial charge in [-0.05, 0) is 55.3 Å².